The molecule has 0 radical (unpaired) electrons. The Hall–Kier alpha value is -2.80. The molecule has 0 atom stereocenters. The molecular weight excluding hydrogens is 292 g/mol. The molecule has 0 unspecified atom stereocenters. The zero-order valence-corrected chi connectivity index (χ0v) is 13.9. The average molecular weight is 310 g/mol. The summed E-state index contributed by atoms with van der Waals surface area (Å²) in [5.41, 5.74) is 8.31. The fraction of sp³-hybridized carbons (Fsp3) is 0.130. The van der Waals surface area contributed by atoms with E-state index in [-0.39, 0.29) is 5.41 Å². The standard InChI is InChI=1S/C23H18O/c1-4-14-9-10-17-19(13-14)23(2,3)18-12-11-16-15-7-5-6-8-20(15)24-22(16)21(17)18/h4-13H,1H2,2-3H3. The Labute approximate surface area is 141 Å². The smallest absolute Gasteiger partial charge is 0.143 e. The van der Waals surface area contributed by atoms with Gasteiger partial charge >= 0.3 is 0 Å². The summed E-state index contributed by atoms with van der Waals surface area (Å²) >= 11 is 0. The molecule has 1 heterocycles. The summed E-state index contributed by atoms with van der Waals surface area (Å²) in [5.74, 6) is 0. The van der Waals surface area contributed by atoms with Gasteiger partial charge in [-0.25, -0.2) is 0 Å². The maximum absolute atomic E-state index is 6.28. The Balaban J connectivity index is 1.96. The van der Waals surface area contributed by atoms with Gasteiger partial charge in [-0.1, -0.05) is 75.0 Å². The zero-order valence-electron chi connectivity index (χ0n) is 13.9. The molecule has 0 aliphatic heterocycles. The van der Waals surface area contributed by atoms with Gasteiger partial charge in [0, 0.05) is 21.8 Å². The van der Waals surface area contributed by atoms with Crippen molar-refractivity contribution in [2.45, 2.75) is 19.3 Å². The highest BCUT2D eigenvalue weighted by Crippen LogP contribution is 2.52. The van der Waals surface area contributed by atoms with Gasteiger partial charge in [-0.3, -0.25) is 0 Å². The fourth-order valence-electron chi connectivity index (χ4n) is 4.15. The van der Waals surface area contributed by atoms with Crippen LogP contribution in [0.3, 0.4) is 0 Å². The lowest BCUT2D eigenvalue weighted by Gasteiger charge is -2.21. The van der Waals surface area contributed by atoms with Gasteiger partial charge in [0.25, 0.3) is 0 Å². The topological polar surface area (TPSA) is 13.1 Å². The summed E-state index contributed by atoms with van der Waals surface area (Å²) in [5, 5.41) is 2.38. The first-order valence-electron chi connectivity index (χ1n) is 8.33. The van der Waals surface area contributed by atoms with Crippen molar-refractivity contribution in [3.8, 4) is 11.1 Å². The summed E-state index contributed by atoms with van der Waals surface area (Å²) in [4.78, 5) is 0. The van der Waals surface area contributed by atoms with Crippen molar-refractivity contribution < 1.29 is 4.42 Å². The lowest BCUT2D eigenvalue weighted by Crippen LogP contribution is -2.14. The summed E-state index contributed by atoms with van der Waals surface area (Å²) < 4.78 is 6.28. The molecule has 5 rings (SSSR count). The quantitative estimate of drug-likeness (QED) is 0.389. The van der Waals surface area contributed by atoms with Crippen LogP contribution < -0.4 is 0 Å². The number of para-hydroxylation sites is 1. The SMILES string of the molecule is C=Cc1ccc2c(c1)C(C)(C)c1ccc3c(oc4ccccc43)c1-2. The summed E-state index contributed by atoms with van der Waals surface area (Å²) in [7, 11) is 0. The Morgan fingerprint density at radius 1 is 0.917 bits per heavy atom. The predicted octanol–water partition coefficient (Wildman–Crippen LogP) is 6.54. The molecule has 1 heteroatoms. The molecule has 1 nitrogen and oxygen atoms in total. The van der Waals surface area contributed by atoms with Gasteiger partial charge in [0.1, 0.15) is 11.2 Å². The minimum absolute atomic E-state index is 0.0309. The molecule has 0 saturated carbocycles. The molecule has 0 saturated heterocycles. The minimum atomic E-state index is -0.0309. The Kier molecular flexibility index (Phi) is 2.49. The minimum Gasteiger partial charge on any atom is -0.455 e. The van der Waals surface area contributed by atoms with Crippen molar-refractivity contribution in [3.05, 3.63) is 77.9 Å². The van der Waals surface area contributed by atoms with Gasteiger partial charge in [0.05, 0.1) is 0 Å². The number of hydrogen-bond donors (Lipinski definition) is 0. The number of rotatable bonds is 1. The van der Waals surface area contributed by atoms with E-state index in [4.69, 9.17) is 4.42 Å². The lowest BCUT2D eigenvalue weighted by atomic mass is 9.82. The van der Waals surface area contributed by atoms with Crippen molar-refractivity contribution in [2.24, 2.45) is 0 Å². The molecular formula is C23H18O. The van der Waals surface area contributed by atoms with Crippen molar-refractivity contribution in [1.29, 1.82) is 0 Å². The number of benzene rings is 3. The van der Waals surface area contributed by atoms with E-state index < -0.39 is 0 Å². The molecule has 4 aromatic rings. The van der Waals surface area contributed by atoms with Gasteiger partial charge in [-0.05, 0) is 28.3 Å². The van der Waals surface area contributed by atoms with E-state index in [2.05, 4.69) is 62.9 Å². The van der Waals surface area contributed by atoms with Gasteiger partial charge in [-0.15, -0.1) is 0 Å². The second-order valence-corrected chi connectivity index (χ2v) is 7.10. The molecule has 3 aromatic carbocycles. The van der Waals surface area contributed by atoms with Crippen LogP contribution in [0.1, 0.15) is 30.5 Å². The third-order valence-corrected chi connectivity index (χ3v) is 5.44. The van der Waals surface area contributed by atoms with E-state index in [1.54, 1.807) is 0 Å². The van der Waals surface area contributed by atoms with Crippen LogP contribution in [0.4, 0.5) is 0 Å². The van der Waals surface area contributed by atoms with Gasteiger partial charge < -0.3 is 4.42 Å². The average Bonchev–Trinajstić information content (AvgIpc) is 3.08. The van der Waals surface area contributed by atoms with E-state index in [9.17, 15) is 0 Å². The molecule has 0 amide bonds. The van der Waals surface area contributed by atoms with Gasteiger partial charge in [-0.2, -0.15) is 0 Å². The van der Waals surface area contributed by atoms with Crippen LogP contribution >= 0.6 is 0 Å². The second kappa shape index (κ2) is 4.39. The van der Waals surface area contributed by atoms with Gasteiger partial charge in [0.2, 0.25) is 0 Å². The van der Waals surface area contributed by atoms with E-state index in [0.717, 1.165) is 16.7 Å². The van der Waals surface area contributed by atoms with Crippen LogP contribution in [0.2, 0.25) is 0 Å². The molecule has 24 heavy (non-hydrogen) atoms. The Morgan fingerprint density at radius 2 is 1.75 bits per heavy atom. The van der Waals surface area contributed by atoms with E-state index in [1.165, 1.54) is 33.0 Å². The molecule has 116 valence electrons. The third-order valence-electron chi connectivity index (χ3n) is 5.44. The van der Waals surface area contributed by atoms with Crippen LogP contribution in [-0.2, 0) is 5.41 Å². The predicted molar refractivity (Wildman–Crippen MR) is 101 cm³/mol. The second-order valence-electron chi connectivity index (χ2n) is 7.10. The number of fused-ring (bicyclic) bond motifs is 7. The highest BCUT2D eigenvalue weighted by molar-refractivity contribution is 6.11. The van der Waals surface area contributed by atoms with Crippen LogP contribution in [0.25, 0.3) is 39.1 Å². The van der Waals surface area contributed by atoms with Gasteiger partial charge in [0.15, 0.2) is 0 Å². The number of furan rings is 1. The van der Waals surface area contributed by atoms with E-state index in [1.807, 2.05) is 18.2 Å². The van der Waals surface area contributed by atoms with Crippen molar-refractivity contribution in [2.75, 3.05) is 0 Å². The van der Waals surface area contributed by atoms with Crippen molar-refractivity contribution in [3.63, 3.8) is 0 Å². The van der Waals surface area contributed by atoms with Crippen LogP contribution in [0.15, 0.2) is 65.6 Å². The first kappa shape index (κ1) is 13.6. The maximum Gasteiger partial charge on any atom is 0.143 e. The van der Waals surface area contributed by atoms with Crippen molar-refractivity contribution >= 4 is 28.0 Å². The fourth-order valence-corrected chi connectivity index (χ4v) is 4.15. The monoisotopic (exact) mass is 310 g/mol. The molecule has 1 aromatic heterocycles. The first-order chi connectivity index (χ1) is 11.6. The highest BCUT2D eigenvalue weighted by Gasteiger charge is 2.37. The third kappa shape index (κ3) is 1.54. The van der Waals surface area contributed by atoms with Crippen LogP contribution in [-0.4, -0.2) is 0 Å². The lowest BCUT2D eigenvalue weighted by molar-refractivity contribution is 0.653. The highest BCUT2D eigenvalue weighted by atomic mass is 16.3. The summed E-state index contributed by atoms with van der Waals surface area (Å²) in [6.45, 7) is 8.49. The first-order valence-corrected chi connectivity index (χ1v) is 8.33. The van der Waals surface area contributed by atoms with E-state index >= 15 is 0 Å². The molecule has 0 spiro atoms. The molecule has 0 N–H and O–H groups in total. The Morgan fingerprint density at radius 3 is 2.58 bits per heavy atom. The van der Waals surface area contributed by atoms with Crippen LogP contribution in [0.5, 0.6) is 0 Å². The molecule has 0 bridgehead atoms. The molecule has 0 fully saturated rings. The Bertz CT molecular complexity index is 1140. The maximum atomic E-state index is 6.28. The number of hydrogen-bond acceptors (Lipinski definition) is 1. The summed E-state index contributed by atoms with van der Waals surface area (Å²) in [6.07, 6.45) is 1.91. The van der Waals surface area contributed by atoms with Crippen LogP contribution in [0, 0.1) is 0 Å². The van der Waals surface area contributed by atoms with Crippen molar-refractivity contribution in [1.82, 2.24) is 0 Å². The normalized spacial score (nSPS) is 14.8. The summed E-state index contributed by atoms with van der Waals surface area (Å²) in [6, 6.07) is 19.4. The largest absolute Gasteiger partial charge is 0.455 e. The molecule has 1 aliphatic carbocycles. The van der Waals surface area contributed by atoms with E-state index in [0.29, 0.717) is 0 Å². The molecule has 1 aliphatic rings. The zero-order chi connectivity index (χ0) is 16.5.